The Morgan fingerprint density at radius 3 is 2.43 bits per heavy atom. The molecule has 5 unspecified atom stereocenters. The van der Waals surface area contributed by atoms with E-state index in [9.17, 15) is 9.90 Å². The summed E-state index contributed by atoms with van der Waals surface area (Å²) in [6.07, 6.45) is 2.25. The summed E-state index contributed by atoms with van der Waals surface area (Å²) in [4.78, 5) is 12.5. The quantitative estimate of drug-likeness (QED) is 0.459. The average molecular weight is 317 g/mol. The zero-order chi connectivity index (χ0) is 16.2. The Hall–Kier alpha value is -1.43. The number of morpholine rings is 1. The van der Waals surface area contributed by atoms with E-state index in [-0.39, 0.29) is 12.1 Å². The van der Waals surface area contributed by atoms with E-state index in [1.807, 2.05) is 30.3 Å². The Bertz CT molecular complexity index is 582. The van der Waals surface area contributed by atoms with E-state index < -0.39 is 12.5 Å². The Balaban J connectivity index is 1.44. The van der Waals surface area contributed by atoms with Gasteiger partial charge in [0.05, 0.1) is 20.0 Å². The molecule has 0 aliphatic carbocycles. The fourth-order valence-corrected chi connectivity index (χ4v) is 4.53. The van der Waals surface area contributed by atoms with Crippen molar-refractivity contribution in [1.82, 2.24) is 0 Å². The molecule has 3 aliphatic heterocycles. The van der Waals surface area contributed by atoms with Crippen LogP contribution in [0, 0.1) is 0 Å². The summed E-state index contributed by atoms with van der Waals surface area (Å²) in [5.41, 5.74) is 0.744. The van der Waals surface area contributed by atoms with E-state index >= 15 is 0 Å². The number of hydrogen-bond donors (Lipinski definition) is 0. The van der Waals surface area contributed by atoms with Crippen LogP contribution in [0.5, 0.6) is 0 Å². The van der Waals surface area contributed by atoms with Crippen molar-refractivity contribution in [2.45, 2.75) is 49.2 Å². The molecule has 0 saturated carbocycles. The summed E-state index contributed by atoms with van der Waals surface area (Å²) in [5, 5.41) is 11.5. The van der Waals surface area contributed by atoms with Gasteiger partial charge in [0.15, 0.2) is 0 Å². The molecule has 3 heterocycles. The number of benzene rings is 1. The van der Waals surface area contributed by atoms with Crippen molar-refractivity contribution in [3.63, 3.8) is 0 Å². The molecule has 1 aromatic carbocycles. The first-order valence-electron chi connectivity index (χ1n) is 8.34. The first kappa shape index (κ1) is 15.1. The third-order valence-electron chi connectivity index (χ3n) is 5.97. The third-order valence-corrected chi connectivity index (χ3v) is 5.97. The SMILES string of the molecule is C[N+]1(C)C2CC(OC(=O)C(C[O-])c3ccccc3)CC1C1OC12. The fraction of sp³-hybridized carbons (Fsp3) is 0.611. The number of likely N-dealkylation sites (N-methyl/N-ethyl adjacent to an activating group) is 1. The number of epoxide rings is 1. The van der Waals surface area contributed by atoms with Crippen LogP contribution in [-0.2, 0) is 14.3 Å². The van der Waals surface area contributed by atoms with E-state index in [0.29, 0.717) is 24.3 Å². The van der Waals surface area contributed by atoms with Gasteiger partial charge in [-0.25, -0.2) is 0 Å². The Morgan fingerprint density at radius 2 is 1.87 bits per heavy atom. The normalized spacial score (nSPS) is 37.8. The summed E-state index contributed by atoms with van der Waals surface area (Å²) in [5.74, 6) is -1.08. The minimum atomic E-state index is -0.705. The Morgan fingerprint density at radius 1 is 1.26 bits per heavy atom. The predicted octanol–water partition coefficient (Wildman–Crippen LogP) is 0.431. The van der Waals surface area contributed by atoms with Crippen molar-refractivity contribution in [2.75, 3.05) is 20.7 Å². The largest absolute Gasteiger partial charge is 0.854 e. The van der Waals surface area contributed by atoms with Gasteiger partial charge in [0.1, 0.15) is 30.4 Å². The molecule has 0 amide bonds. The van der Waals surface area contributed by atoms with Gasteiger partial charge >= 0.3 is 5.97 Å². The van der Waals surface area contributed by atoms with Crippen molar-refractivity contribution < 1.29 is 23.9 Å². The molecule has 5 atom stereocenters. The number of nitrogens with zero attached hydrogens (tertiary/aromatic N) is 1. The summed E-state index contributed by atoms with van der Waals surface area (Å²) >= 11 is 0. The van der Waals surface area contributed by atoms with Crippen molar-refractivity contribution in [2.24, 2.45) is 0 Å². The van der Waals surface area contributed by atoms with Crippen LogP contribution in [0.25, 0.3) is 0 Å². The molecule has 0 aromatic heterocycles. The van der Waals surface area contributed by atoms with E-state index in [4.69, 9.17) is 9.47 Å². The number of esters is 1. The average Bonchev–Trinajstić information content (AvgIpc) is 3.27. The number of fused-ring (bicyclic) bond motifs is 5. The maximum Gasteiger partial charge on any atom is 0.312 e. The highest BCUT2D eigenvalue weighted by Gasteiger charge is 2.70. The van der Waals surface area contributed by atoms with Gasteiger partial charge in [0.25, 0.3) is 0 Å². The standard InChI is InChI=1S/C18H23NO4/c1-19(2)14-8-12(9-15(19)17-16(14)23-17)22-18(21)13(10-20)11-6-4-3-5-7-11/h3-7,12-17H,8-10H2,1-2H3. The minimum absolute atomic E-state index is 0.0854. The van der Waals surface area contributed by atoms with Crippen molar-refractivity contribution in [1.29, 1.82) is 0 Å². The Labute approximate surface area is 136 Å². The van der Waals surface area contributed by atoms with Crippen molar-refractivity contribution in [3.8, 4) is 0 Å². The minimum Gasteiger partial charge on any atom is -0.854 e. The number of carbonyl (C=O) groups excluding carboxylic acids is 1. The number of piperidine rings is 1. The topological polar surface area (TPSA) is 61.9 Å². The van der Waals surface area contributed by atoms with E-state index in [1.54, 1.807) is 0 Å². The maximum atomic E-state index is 12.5. The zero-order valence-electron chi connectivity index (χ0n) is 13.6. The number of hydrogen-bond acceptors (Lipinski definition) is 4. The van der Waals surface area contributed by atoms with Gasteiger partial charge in [-0.2, -0.15) is 0 Å². The summed E-state index contributed by atoms with van der Waals surface area (Å²) in [6, 6.07) is 10.0. The number of carbonyl (C=O) groups is 1. The molecular weight excluding hydrogens is 294 g/mol. The van der Waals surface area contributed by atoms with Gasteiger partial charge < -0.3 is 19.1 Å². The summed E-state index contributed by atoms with van der Waals surface area (Å²) < 4.78 is 12.4. The van der Waals surface area contributed by atoms with Gasteiger partial charge in [-0.15, -0.1) is 6.61 Å². The molecule has 3 aliphatic rings. The van der Waals surface area contributed by atoms with Gasteiger partial charge in [-0.3, -0.25) is 4.79 Å². The van der Waals surface area contributed by atoms with Crippen LogP contribution in [-0.4, -0.2) is 61.6 Å². The Kier molecular flexibility index (Phi) is 3.48. The van der Waals surface area contributed by atoms with Crippen molar-refractivity contribution >= 4 is 5.97 Å². The highest BCUT2D eigenvalue weighted by Crippen LogP contribution is 2.51. The highest BCUT2D eigenvalue weighted by molar-refractivity contribution is 5.78. The fourth-order valence-electron chi connectivity index (χ4n) is 4.53. The smallest absolute Gasteiger partial charge is 0.312 e. The van der Waals surface area contributed by atoms with Crippen LogP contribution in [0.1, 0.15) is 24.3 Å². The number of rotatable bonds is 4. The monoisotopic (exact) mass is 317 g/mol. The molecule has 5 nitrogen and oxygen atoms in total. The first-order chi connectivity index (χ1) is 11.0. The molecule has 0 N–H and O–H groups in total. The molecule has 3 saturated heterocycles. The second kappa shape index (κ2) is 5.30. The van der Waals surface area contributed by atoms with E-state index in [0.717, 1.165) is 22.9 Å². The maximum absolute atomic E-state index is 12.5. The van der Waals surface area contributed by atoms with E-state index in [1.165, 1.54) is 0 Å². The third kappa shape index (κ3) is 2.38. The van der Waals surface area contributed by atoms with Gasteiger partial charge in [0.2, 0.25) is 0 Å². The molecule has 124 valence electrons. The second-order valence-electron chi connectivity index (χ2n) is 7.49. The molecule has 23 heavy (non-hydrogen) atoms. The molecular formula is C18H23NO4. The zero-order valence-corrected chi connectivity index (χ0v) is 13.6. The molecule has 3 fully saturated rings. The van der Waals surface area contributed by atoms with Gasteiger partial charge in [-0.1, -0.05) is 30.3 Å². The van der Waals surface area contributed by atoms with Crippen LogP contribution >= 0.6 is 0 Å². The summed E-state index contributed by atoms with van der Waals surface area (Å²) in [7, 11) is 4.49. The lowest BCUT2D eigenvalue weighted by Gasteiger charge is -2.45. The lowest BCUT2D eigenvalue weighted by atomic mass is 9.95. The first-order valence-corrected chi connectivity index (χ1v) is 8.34. The predicted molar refractivity (Wildman–Crippen MR) is 81.5 cm³/mol. The number of ether oxygens (including phenoxy) is 2. The highest BCUT2D eigenvalue weighted by atomic mass is 16.6. The molecule has 0 spiro atoms. The van der Waals surface area contributed by atoms with Crippen LogP contribution in [0.4, 0.5) is 0 Å². The van der Waals surface area contributed by atoms with Crippen molar-refractivity contribution in [3.05, 3.63) is 35.9 Å². The molecule has 2 bridgehead atoms. The molecule has 1 aromatic rings. The van der Waals surface area contributed by atoms with Crippen LogP contribution < -0.4 is 5.11 Å². The van der Waals surface area contributed by atoms with Gasteiger partial charge in [0, 0.05) is 12.8 Å². The summed E-state index contributed by atoms with van der Waals surface area (Å²) in [6.45, 7) is -0.474. The lowest BCUT2D eigenvalue weighted by molar-refractivity contribution is -0.938. The van der Waals surface area contributed by atoms with E-state index in [2.05, 4.69) is 14.1 Å². The lowest BCUT2D eigenvalue weighted by Crippen LogP contribution is -2.60. The van der Waals surface area contributed by atoms with Crippen LogP contribution in [0.2, 0.25) is 0 Å². The van der Waals surface area contributed by atoms with Crippen LogP contribution in [0.15, 0.2) is 30.3 Å². The molecule has 0 radical (unpaired) electrons. The molecule has 4 rings (SSSR count). The van der Waals surface area contributed by atoms with Gasteiger partial charge in [-0.05, 0) is 5.56 Å². The second-order valence-corrected chi connectivity index (χ2v) is 7.49. The number of quaternary nitrogens is 1. The van der Waals surface area contributed by atoms with Crippen LogP contribution in [0.3, 0.4) is 0 Å². The molecule has 5 heteroatoms.